The van der Waals surface area contributed by atoms with Gasteiger partial charge < -0.3 is 15.5 Å². The lowest BCUT2D eigenvalue weighted by atomic mass is 9.82. The van der Waals surface area contributed by atoms with Gasteiger partial charge in [0.1, 0.15) is 0 Å². The van der Waals surface area contributed by atoms with Crippen molar-refractivity contribution in [1.29, 1.82) is 0 Å². The minimum Gasteiger partial charge on any atom is -0.383 e. The molecular formula is C32H44N4O4S. The largest absolute Gasteiger partial charge is 0.383 e. The van der Waals surface area contributed by atoms with Crippen LogP contribution in [0, 0.1) is 11.8 Å². The Labute approximate surface area is 244 Å². The number of carbonyl (C=O) groups is 2. The number of amides is 2. The van der Waals surface area contributed by atoms with Gasteiger partial charge in [-0.3, -0.25) is 9.59 Å². The number of rotatable bonds is 12. The third-order valence-electron chi connectivity index (χ3n) is 9.03. The lowest BCUT2D eigenvalue weighted by Gasteiger charge is -2.31. The molecule has 0 aromatic heterocycles. The van der Waals surface area contributed by atoms with E-state index in [0.29, 0.717) is 17.5 Å². The number of nitrogens with zero attached hydrogens (tertiary/aromatic N) is 1. The van der Waals surface area contributed by atoms with Crippen LogP contribution < -0.4 is 20.3 Å². The highest BCUT2D eigenvalue weighted by atomic mass is 32.2. The number of hydrogen-bond donors (Lipinski definition) is 3. The summed E-state index contributed by atoms with van der Waals surface area (Å²) in [6.07, 6.45) is 12.4. The van der Waals surface area contributed by atoms with Gasteiger partial charge in [-0.05, 0) is 80.7 Å². The molecule has 0 radical (unpaired) electrons. The highest BCUT2D eigenvalue weighted by Crippen LogP contribution is 2.36. The second kappa shape index (κ2) is 13.3. The van der Waals surface area contributed by atoms with E-state index in [9.17, 15) is 18.0 Å². The molecule has 2 amide bonds. The minimum atomic E-state index is -3.98. The van der Waals surface area contributed by atoms with Gasteiger partial charge in [-0.15, -0.1) is 0 Å². The van der Waals surface area contributed by atoms with Crippen LogP contribution in [0.5, 0.6) is 0 Å². The average Bonchev–Trinajstić information content (AvgIpc) is 3.70. The highest BCUT2D eigenvalue weighted by molar-refractivity contribution is 7.90. The Hall–Kier alpha value is -3.07. The molecule has 5 rings (SSSR count). The van der Waals surface area contributed by atoms with E-state index in [1.165, 1.54) is 50.7 Å². The average molecular weight is 581 g/mol. The first-order chi connectivity index (χ1) is 19.8. The van der Waals surface area contributed by atoms with E-state index in [4.69, 9.17) is 0 Å². The number of benzene rings is 2. The molecule has 3 aliphatic carbocycles. The van der Waals surface area contributed by atoms with Gasteiger partial charge in [-0.2, -0.15) is 0 Å². The molecule has 1 atom stereocenters. The lowest BCUT2D eigenvalue weighted by Crippen LogP contribution is -2.45. The summed E-state index contributed by atoms with van der Waals surface area (Å²) in [5.74, 6) is -0.0556. The Morgan fingerprint density at radius 2 is 1.59 bits per heavy atom. The molecule has 3 aliphatic rings. The van der Waals surface area contributed by atoms with E-state index in [2.05, 4.69) is 27.3 Å². The quantitative estimate of drug-likeness (QED) is 0.308. The monoisotopic (exact) mass is 580 g/mol. The number of anilines is 2. The molecule has 0 saturated heterocycles. The Morgan fingerprint density at radius 1 is 0.902 bits per heavy atom. The second-order valence-electron chi connectivity index (χ2n) is 12.1. The van der Waals surface area contributed by atoms with E-state index in [-0.39, 0.29) is 23.1 Å². The van der Waals surface area contributed by atoms with Gasteiger partial charge in [0.05, 0.1) is 16.3 Å². The zero-order valence-corrected chi connectivity index (χ0v) is 24.9. The smallest absolute Gasteiger partial charge is 0.264 e. The van der Waals surface area contributed by atoms with E-state index in [1.54, 1.807) is 18.2 Å². The fourth-order valence-corrected chi connectivity index (χ4v) is 7.44. The maximum atomic E-state index is 13.6. The fraction of sp³-hybridized carbons (Fsp3) is 0.562. The van der Waals surface area contributed by atoms with E-state index in [1.807, 2.05) is 18.2 Å². The zero-order chi connectivity index (χ0) is 28.8. The molecular weight excluding hydrogens is 536 g/mol. The molecule has 41 heavy (non-hydrogen) atoms. The van der Waals surface area contributed by atoms with E-state index in [0.717, 1.165) is 50.0 Å². The second-order valence-corrected chi connectivity index (χ2v) is 13.8. The van der Waals surface area contributed by atoms with Gasteiger partial charge in [0.15, 0.2) is 0 Å². The number of nitrogens with one attached hydrogen (secondary N) is 3. The molecule has 0 heterocycles. The molecule has 2 aromatic rings. The number of hydrogen-bond acceptors (Lipinski definition) is 6. The van der Waals surface area contributed by atoms with Crippen LogP contribution in [0.4, 0.5) is 11.4 Å². The molecule has 222 valence electrons. The predicted molar refractivity (Wildman–Crippen MR) is 163 cm³/mol. The van der Waals surface area contributed by atoms with Crippen molar-refractivity contribution in [3.8, 4) is 0 Å². The summed E-state index contributed by atoms with van der Waals surface area (Å²) >= 11 is 0. The molecule has 0 spiro atoms. The molecule has 3 N–H and O–H groups in total. The first kappa shape index (κ1) is 29.4. The Kier molecular flexibility index (Phi) is 9.53. The van der Waals surface area contributed by atoms with Crippen molar-refractivity contribution in [3.05, 3.63) is 54.1 Å². The lowest BCUT2D eigenvalue weighted by molar-refractivity contribution is -0.120. The normalized spacial score (nSPS) is 19.0. The maximum absolute atomic E-state index is 13.6. The minimum absolute atomic E-state index is 0.0421. The van der Waals surface area contributed by atoms with Crippen molar-refractivity contribution < 1.29 is 18.0 Å². The summed E-state index contributed by atoms with van der Waals surface area (Å²) in [6, 6.07) is 13.8. The van der Waals surface area contributed by atoms with Crippen molar-refractivity contribution >= 4 is 33.2 Å². The standard InChI is InChI=1S/C32H44N4O4S/c1-36(26-17-18-26)30-19-16-25(20-29(30)33-22-23-10-8-9-11-23)32(38)34-28(24-12-4-2-5-13-24)21-31(37)35-41(39,40)27-14-6-3-7-15-27/h3,6-7,14-16,19-20,23-24,26,28,33H,2,4-5,8-13,17-18,21-22H2,1H3,(H,34,38)(H,35,37). The number of carbonyl (C=O) groups excluding carboxylic acids is 2. The molecule has 0 aliphatic heterocycles. The Balaban J connectivity index is 1.31. The van der Waals surface area contributed by atoms with Crippen molar-refractivity contribution in [1.82, 2.24) is 10.0 Å². The fourth-order valence-electron chi connectivity index (χ4n) is 6.43. The van der Waals surface area contributed by atoms with Crippen LogP contribution in [0.25, 0.3) is 0 Å². The van der Waals surface area contributed by atoms with E-state index < -0.39 is 22.0 Å². The molecule has 3 fully saturated rings. The third kappa shape index (κ3) is 7.82. The van der Waals surface area contributed by atoms with Gasteiger partial charge in [0.25, 0.3) is 15.9 Å². The predicted octanol–water partition coefficient (Wildman–Crippen LogP) is 5.46. The molecule has 8 nitrogen and oxygen atoms in total. The van der Waals surface area contributed by atoms with Crippen LogP contribution in [0.3, 0.4) is 0 Å². The molecule has 1 unspecified atom stereocenters. The maximum Gasteiger partial charge on any atom is 0.264 e. The Morgan fingerprint density at radius 3 is 2.27 bits per heavy atom. The van der Waals surface area contributed by atoms with Crippen molar-refractivity contribution in [3.63, 3.8) is 0 Å². The summed E-state index contributed by atoms with van der Waals surface area (Å²) in [5, 5.41) is 6.78. The van der Waals surface area contributed by atoms with E-state index >= 15 is 0 Å². The summed E-state index contributed by atoms with van der Waals surface area (Å²) < 4.78 is 27.7. The first-order valence-corrected chi connectivity index (χ1v) is 16.8. The first-order valence-electron chi connectivity index (χ1n) is 15.3. The van der Waals surface area contributed by atoms with Gasteiger partial charge in [-0.25, -0.2) is 13.1 Å². The van der Waals surface area contributed by atoms with Crippen LogP contribution in [0.2, 0.25) is 0 Å². The van der Waals surface area contributed by atoms with Crippen LogP contribution in [-0.4, -0.2) is 45.9 Å². The highest BCUT2D eigenvalue weighted by Gasteiger charge is 2.31. The van der Waals surface area contributed by atoms with Crippen LogP contribution in [0.1, 0.15) is 87.4 Å². The van der Waals surface area contributed by atoms with Crippen LogP contribution in [-0.2, 0) is 14.8 Å². The summed E-state index contributed by atoms with van der Waals surface area (Å²) in [4.78, 5) is 29.0. The number of sulfonamides is 1. The molecule has 2 aromatic carbocycles. The SMILES string of the molecule is CN(c1ccc(C(=O)NC(CC(=O)NS(=O)(=O)c2ccccc2)C2CCCCC2)cc1NCC1CCCC1)C1CC1. The Bertz CT molecular complexity index is 1300. The van der Waals surface area contributed by atoms with Crippen molar-refractivity contribution in [2.45, 2.75) is 94.0 Å². The van der Waals surface area contributed by atoms with Gasteiger partial charge in [0.2, 0.25) is 5.91 Å². The zero-order valence-electron chi connectivity index (χ0n) is 24.1. The summed E-state index contributed by atoms with van der Waals surface area (Å²) in [7, 11) is -1.86. The molecule has 3 saturated carbocycles. The van der Waals surface area contributed by atoms with Crippen LogP contribution >= 0.6 is 0 Å². The van der Waals surface area contributed by atoms with Gasteiger partial charge in [0, 0.05) is 37.7 Å². The molecule has 0 bridgehead atoms. The topological polar surface area (TPSA) is 108 Å². The van der Waals surface area contributed by atoms with Crippen molar-refractivity contribution in [2.24, 2.45) is 11.8 Å². The summed E-state index contributed by atoms with van der Waals surface area (Å²) in [6.45, 7) is 0.900. The third-order valence-corrected chi connectivity index (χ3v) is 10.4. The van der Waals surface area contributed by atoms with Crippen molar-refractivity contribution in [2.75, 3.05) is 23.8 Å². The van der Waals surface area contributed by atoms with Crippen LogP contribution in [0.15, 0.2) is 53.4 Å². The summed E-state index contributed by atoms with van der Waals surface area (Å²) in [5.41, 5.74) is 2.63. The van der Waals surface area contributed by atoms with Gasteiger partial charge >= 0.3 is 0 Å². The van der Waals surface area contributed by atoms with Gasteiger partial charge in [-0.1, -0.05) is 50.3 Å². The molecule has 9 heteroatoms.